The van der Waals surface area contributed by atoms with Gasteiger partial charge in [0.25, 0.3) is 0 Å². The van der Waals surface area contributed by atoms with Crippen LogP contribution in [0.2, 0.25) is 0 Å². The summed E-state index contributed by atoms with van der Waals surface area (Å²) in [6.45, 7) is 4.56. The van der Waals surface area contributed by atoms with Crippen molar-refractivity contribution < 1.29 is 14.6 Å². The largest absolute Gasteiger partial charge is 0.439 e. The van der Waals surface area contributed by atoms with Gasteiger partial charge >= 0.3 is 6.09 Å². The van der Waals surface area contributed by atoms with Crippen molar-refractivity contribution in [2.75, 3.05) is 27.2 Å². The monoisotopic (exact) mass is 390 g/mol. The number of rotatable bonds is 7. The van der Waals surface area contributed by atoms with Gasteiger partial charge in [-0.2, -0.15) is 0 Å². The van der Waals surface area contributed by atoms with Crippen molar-refractivity contribution in [3.8, 4) is 11.1 Å². The molecule has 6 heteroatoms. The van der Waals surface area contributed by atoms with Crippen LogP contribution in [0.25, 0.3) is 11.1 Å². The molecule has 0 aromatic heterocycles. The highest BCUT2D eigenvalue weighted by atomic mass is 35.5. The highest BCUT2D eigenvalue weighted by molar-refractivity contribution is 6.19. The van der Waals surface area contributed by atoms with Crippen LogP contribution in [-0.4, -0.2) is 53.9 Å². The van der Waals surface area contributed by atoms with Crippen molar-refractivity contribution in [2.24, 2.45) is 0 Å². The number of nitrogens with zero attached hydrogens (tertiary/aromatic N) is 2. The second-order valence-electron chi connectivity index (χ2n) is 7.03. The van der Waals surface area contributed by atoms with Crippen LogP contribution >= 0.6 is 11.6 Å². The number of benzene rings is 2. The summed E-state index contributed by atoms with van der Waals surface area (Å²) in [7, 11) is 3.33. The topological polar surface area (TPSA) is 53.0 Å². The van der Waals surface area contributed by atoms with Gasteiger partial charge in [-0.1, -0.05) is 66.2 Å². The summed E-state index contributed by atoms with van der Waals surface area (Å²) in [5, 5.41) is 9.27. The maximum atomic E-state index is 12.4. The molecule has 0 radical (unpaired) electrons. The molecule has 27 heavy (non-hydrogen) atoms. The summed E-state index contributed by atoms with van der Waals surface area (Å²) >= 11 is 5.58. The Kier molecular flexibility index (Phi) is 7.25. The molecule has 0 heterocycles. The molecule has 0 aliphatic heterocycles. The van der Waals surface area contributed by atoms with E-state index in [2.05, 4.69) is 12.1 Å². The number of aliphatic hydroxyl groups excluding tert-OH is 1. The van der Waals surface area contributed by atoms with Crippen LogP contribution in [0.3, 0.4) is 0 Å². The smallest absolute Gasteiger partial charge is 0.410 e. The molecular formula is C21H27ClN2O3. The quantitative estimate of drug-likeness (QED) is 0.439. The zero-order valence-electron chi connectivity index (χ0n) is 16.2. The highest BCUT2D eigenvalue weighted by Gasteiger charge is 2.27. The van der Waals surface area contributed by atoms with Gasteiger partial charge in [-0.05, 0) is 37.6 Å². The minimum Gasteiger partial charge on any atom is -0.439 e. The molecule has 146 valence electrons. The maximum absolute atomic E-state index is 12.4. The molecule has 5 nitrogen and oxygen atoms in total. The molecule has 0 saturated carbocycles. The van der Waals surface area contributed by atoms with Crippen molar-refractivity contribution in [3.05, 3.63) is 60.2 Å². The van der Waals surface area contributed by atoms with Crippen LogP contribution in [0.15, 0.2) is 54.6 Å². The lowest BCUT2D eigenvalue weighted by Gasteiger charge is -2.29. The predicted molar refractivity (Wildman–Crippen MR) is 109 cm³/mol. The number of likely N-dealkylation sites (N-methyl/N-ethyl adjacent to an activating group) is 2. The van der Waals surface area contributed by atoms with E-state index in [9.17, 15) is 9.90 Å². The highest BCUT2D eigenvalue weighted by Crippen LogP contribution is 2.28. The second kappa shape index (κ2) is 9.22. The van der Waals surface area contributed by atoms with Crippen molar-refractivity contribution in [1.82, 2.24) is 9.80 Å². The van der Waals surface area contributed by atoms with Gasteiger partial charge in [0.1, 0.15) is 5.60 Å². The number of hydrogen-bond donors (Lipinski definition) is 1. The molecule has 2 rings (SSSR count). The standard InChI is InChI=1S/C21H27ClN2O3/c1-21(2,27-20(26)24(4)15-14-23(3)19(22)25)18-12-10-17(11-13-18)16-8-6-5-7-9-16/h5-13,19,25H,14-15H2,1-4H3. The Morgan fingerprint density at radius 1 is 1.04 bits per heavy atom. The fourth-order valence-corrected chi connectivity index (χ4v) is 2.65. The molecular weight excluding hydrogens is 364 g/mol. The summed E-state index contributed by atoms with van der Waals surface area (Å²) in [5.41, 5.74) is 1.33. The number of amides is 1. The predicted octanol–water partition coefficient (Wildman–Crippen LogP) is 4.10. The Balaban J connectivity index is 1.99. The Morgan fingerprint density at radius 3 is 2.15 bits per heavy atom. The third-order valence-corrected chi connectivity index (χ3v) is 4.83. The summed E-state index contributed by atoms with van der Waals surface area (Å²) in [5.74, 6) is 0. The van der Waals surface area contributed by atoms with Crippen LogP contribution in [0, 0.1) is 0 Å². The first-order chi connectivity index (χ1) is 12.7. The van der Waals surface area contributed by atoms with Crippen LogP contribution in [-0.2, 0) is 10.3 Å². The molecule has 0 fully saturated rings. The summed E-state index contributed by atoms with van der Waals surface area (Å²) in [4.78, 5) is 15.4. The number of halogens is 1. The minimum atomic E-state index is -1.08. The van der Waals surface area contributed by atoms with Gasteiger partial charge in [0.05, 0.1) is 0 Å². The van der Waals surface area contributed by atoms with Gasteiger partial charge in [0, 0.05) is 20.1 Å². The van der Waals surface area contributed by atoms with Gasteiger partial charge in [-0.3, -0.25) is 4.90 Å². The minimum absolute atomic E-state index is 0.391. The summed E-state index contributed by atoms with van der Waals surface area (Å²) in [6, 6.07) is 18.1. The van der Waals surface area contributed by atoms with E-state index in [4.69, 9.17) is 16.3 Å². The third-order valence-electron chi connectivity index (χ3n) is 4.49. The first kappa shape index (κ1) is 21.2. The normalized spacial score (nSPS) is 12.7. The SMILES string of the molecule is CN(CCN(C)C(O)Cl)C(=O)OC(C)(C)c1ccc(-c2ccccc2)cc1. The summed E-state index contributed by atoms with van der Waals surface area (Å²) in [6.07, 6.45) is -0.426. The third kappa shape index (κ3) is 5.96. The molecule has 2 aromatic rings. The Labute approximate surface area is 166 Å². The Morgan fingerprint density at radius 2 is 1.59 bits per heavy atom. The lowest BCUT2D eigenvalue weighted by Crippen LogP contribution is -2.40. The zero-order chi connectivity index (χ0) is 20.0. The van der Waals surface area contributed by atoms with Crippen LogP contribution in [0.5, 0.6) is 0 Å². The molecule has 0 aliphatic rings. The molecule has 2 aromatic carbocycles. The number of hydrogen-bond acceptors (Lipinski definition) is 4. The van der Waals surface area contributed by atoms with Gasteiger partial charge in [0.15, 0.2) is 5.69 Å². The van der Waals surface area contributed by atoms with Crippen molar-refractivity contribution in [2.45, 2.75) is 25.1 Å². The van der Waals surface area contributed by atoms with E-state index in [1.54, 1.807) is 14.1 Å². The molecule has 0 spiro atoms. The molecule has 1 amide bonds. The van der Waals surface area contributed by atoms with Gasteiger partial charge < -0.3 is 14.7 Å². The van der Waals surface area contributed by atoms with E-state index >= 15 is 0 Å². The van der Waals surface area contributed by atoms with Gasteiger partial charge in [-0.25, -0.2) is 4.79 Å². The number of carbonyl (C=O) groups excluding carboxylic acids is 1. The van der Waals surface area contributed by atoms with Gasteiger partial charge in [-0.15, -0.1) is 0 Å². The fraction of sp³-hybridized carbons (Fsp3) is 0.381. The zero-order valence-corrected chi connectivity index (χ0v) is 17.0. The Hall–Kier alpha value is -2.08. The van der Waals surface area contributed by atoms with Crippen LogP contribution in [0.1, 0.15) is 19.4 Å². The average molecular weight is 391 g/mol. The molecule has 1 atom stereocenters. The van der Waals surface area contributed by atoms with Crippen molar-refractivity contribution >= 4 is 17.7 Å². The number of ether oxygens (including phenoxy) is 1. The summed E-state index contributed by atoms with van der Waals surface area (Å²) < 4.78 is 5.70. The van der Waals surface area contributed by atoms with Gasteiger partial charge in [0.2, 0.25) is 0 Å². The number of alkyl halides is 1. The molecule has 1 N–H and O–H groups in total. The maximum Gasteiger partial charge on any atom is 0.410 e. The van der Waals surface area contributed by atoms with Crippen molar-refractivity contribution in [1.29, 1.82) is 0 Å². The average Bonchev–Trinajstić information content (AvgIpc) is 2.66. The molecule has 1 unspecified atom stereocenters. The van der Waals surface area contributed by atoms with E-state index in [0.717, 1.165) is 16.7 Å². The van der Waals surface area contributed by atoms with E-state index in [1.807, 2.05) is 56.3 Å². The first-order valence-corrected chi connectivity index (χ1v) is 9.27. The van der Waals surface area contributed by atoms with Crippen LogP contribution in [0.4, 0.5) is 4.79 Å². The Bertz CT molecular complexity index is 733. The van der Waals surface area contributed by atoms with E-state index in [1.165, 1.54) is 9.80 Å². The number of aliphatic hydroxyl groups is 1. The molecule has 0 saturated heterocycles. The molecule has 0 bridgehead atoms. The van der Waals surface area contributed by atoms with E-state index < -0.39 is 17.4 Å². The second-order valence-corrected chi connectivity index (χ2v) is 7.42. The first-order valence-electron chi connectivity index (χ1n) is 8.83. The fourth-order valence-electron chi connectivity index (χ4n) is 2.56. The van der Waals surface area contributed by atoms with Crippen LogP contribution < -0.4 is 0 Å². The van der Waals surface area contributed by atoms with E-state index in [-0.39, 0.29) is 0 Å². The lowest BCUT2D eigenvalue weighted by molar-refractivity contribution is 0.0116. The van der Waals surface area contributed by atoms with E-state index in [0.29, 0.717) is 13.1 Å². The lowest BCUT2D eigenvalue weighted by atomic mass is 9.95. The molecule has 0 aliphatic carbocycles. The number of carbonyl (C=O) groups is 1. The van der Waals surface area contributed by atoms with Crippen molar-refractivity contribution in [3.63, 3.8) is 0 Å².